The van der Waals surface area contributed by atoms with Gasteiger partial charge in [-0.25, -0.2) is 4.79 Å². The number of rotatable bonds is 2. The maximum absolute atomic E-state index is 11.8. The van der Waals surface area contributed by atoms with E-state index < -0.39 is 12.1 Å². The summed E-state index contributed by atoms with van der Waals surface area (Å²) in [5, 5.41) is 10.4. The average Bonchev–Trinajstić information content (AvgIpc) is 3.01. The lowest BCUT2D eigenvalue weighted by atomic mass is 9.91. The van der Waals surface area contributed by atoms with Gasteiger partial charge in [0.25, 0.3) is 0 Å². The number of methoxy groups -OCH3 is 1. The minimum atomic E-state index is -1.34. The third-order valence-corrected chi connectivity index (χ3v) is 4.23. The number of benzene rings is 1. The van der Waals surface area contributed by atoms with E-state index in [1.54, 1.807) is 0 Å². The average molecular weight is 292 g/mol. The molecule has 3 rings (SSSR count). The van der Waals surface area contributed by atoms with Gasteiger partial charge in [0.1, 0.15) is 23.7 Å². The van der Waals surface area contributed by atoms with Crippen molar-refractivity contribution in [2.45, 2.75) is 51.9 Å². The van der Waals surface area contributed by atoms with Crippen molar-refractivity contribution in [1.29, 1.82) is 0 Å². The Morgan fingerprint density at radius 2 is 1.76 bits per heavy atom. The Kier molecular flexibility index (Phi) is 3.32. The highest BCUT2D eigenvalue weighted by Crippen LogP contribution is 2.48. The number of fused-ring (bicyclic) bond motifs is 2. The highest BCUT2D eigenvalue weighted by atomic mass is 16.5. The minimum absolute atomic E-state index is 0.0299. The Morgan fingerprint density at radius 1 is 1.19 bits per heavy atom. The molecular formula is C16H20O5. The van der Waals surface area contributed by atoms with Crippen LogP contribution in [0.4, 0.5) is 0 Å². The third kappa shape index (κ3) is 2.07. The van der Waals surface area contributed by atoms with Crippen LogP contribution in [0.2, 0.25) is 0 Å². The molecule has 5 heteroatoms. The first-order valence-electron chi connectivity index (χ1n) is 7.21. The number of esters is 1. The quantitative estimate of drug-likeness (QED) is 0.843. The van der Waals surface area contributed by atoms with Gasteiger partial charge in [-0.05, 0) is 26.3 Å². The van der Waals surface area contributed by atoms with Crippen LogP contribution in [0.1, 0.15) is 42.2 Å². The number of hydrogen-bond donors (Lipinski definition) is 1. The maximum Gasteiger partial charge on any atom is 0.339 e. The zero-order valence-corrected chi connectivity index (χ0v) is 12.7. The fraction of sp³-hybridized carbons (Fsp3) is 0.562. The van der Waals surface area contributed by atoms with Gasteiger partial charge in [0, 0.05) is 29.5 Å². The van der Waals surface area contributed by atoms with Crippen molar-refractivity contribution in [3.05, 3.63) is 22.3 Å². The Labute approximate surface area is 123 Å². The summed E-state index contributed by atoms with van der Waals surface area (Å²) >= 11 is 0. The molecule has 1 aromatic carbocycles. The molecule has 0 saturated heterocycles. The van der Waals surface area contributed by atoms with Crippen molar-refractivity contribution in [3.8, 4) is 11.5 Å². The van der Waals surface area contributed by atoms with Gasteiger partial charge < -0.3 is 19.3 Å². The molecule has 1 N–H and O–H groups in total. The summed E-state index contributed by atoms with van der Waals surface area (Å²) in [6.07, 6.45) is 0.138. The summed E-state index contributed by atoms with van der Waals surface area (Å²) in [7, 11) is 1.27. The lowest BCUT2D eigenvalue weighted by Gasteiger charge is -2.18. The second kappa shape index (κ2) is 4.91. The number of carbonyl (C=O) groups is 1. The van der Waals surface area contributed by atoms with E-state index in [0.29, 0.717) is 17.7 Å². The Hall–Kier alpha value is -1.75. The number of aliphatic hydroxyl groups is 1. The van der Waals surface area contributed by atoms with E-state index in [1.807, 2.05) is 20.8 Å². The largest absolute Gasteiger partial charge is 0.490 e. The molecule has 0 fully saturated rings. The Balaban J connectivity index is 2.21. The molecule has 0 aliphatic carbocycles. The van der Waals surface area contributed by atoms with Crippen LogP contribution in [0, 0.1) is 6.92 Å². The fourth-order valence-electron chi connectivity index (χ4n) is 3.28. The van der Waals surface area contributed by atoms with Crippen molar-refractivity contribution in [1.82, 2.24) is 0 Å². The van der Waals surface area contributed by atoms with Gasteiger partial charge in [-0.3, -0.25) is 0 Å². The Morgan fingerprint density at radius 3 is 2.38 bits per heavy atom. The number of carbonyl (C=O) groups excluding carboxylic acids is 1. The molecule has 0 spiro atoms. The van der Waals surface area contributed by atoms with Gasteiger partial charge in [0.05, 0.1) is 7.11 Å². The van der Waals surface area contributed by atoms with Gasteiger partial charge in [-0.15, -0.1) is 0 Å². The Bertz CT molecular complexity index is 568. The van der Waals surface area contributed by atoms with Crippen LogP contribution in [0.15, 0.2) is 0 Å². The summed E-state index contributed by atoms with van der Waals surface area (Å²) in [5.41, 5.74) is 3.46. The van der Waals surface area contributed by atoms with Gasteiger partial charge in [0.15, 0.2) is 6.10 Å². The van der Waals surface area contributed by atoms with Crippen molar-refractivity contribution >= 4 is 5.97 Å². The second-order valence-corrected chi connectivity index (χ2v) is 5.84. The highest BCUT2D eigenvalue weighted by Gasteiger charge is 2.38. The molecular weight excluding hydrogens is 272 g/mol. The van der Waals surface area contributed by atoms with E-state index in [0.717, 1.165) is 28.9 Å². The maximum atomic E-state index is 11.8. The minimum Gasteiger partial charge on any atom is -0.490 e. The summed E-state index contributed by atoms with van der Waals surface area (Å²) < 4.78 is 16.4. The van der Waals surface area contributed by atoms with Crippen LogP contribution < -0.4 is 9.47 Å². The van der Waals surface area contributed by atoms with E-state index in [1.165, 1.54) is 7.11 Å². The van der Waals surface area contributed by atoms with Crippen LogP contribution in [-0.4, -0.2) is 30.4 Å². The highest BCUT2D eigenvalue weighted by molar-refractivity contribution is 5.80. The van der Waals surface area contributed by atoms with Crippen LogP contribution in [0.25, 0.3) is 0 Å². The lowest BCUT2D eigenvalue weighted by molar-refractivity contribution is -0.150. The van der Waals surface area contributed by atoms with E-state index in [2.05, 4.69) is 4.74 Å². The third-order valence-electron chi connectivity index (χ3n) is 4.23. The molecule has 2 heterocycles. The summed E-state index contributed by atoms with van der Waals surface area (Å²) in [6.45, 7) is 5.95. The van der Waals surface area contributed by atoms with Crippen LogP contribution in [0.3, 0.4) is 0 Å². The van der Waals surface area contributed by atoms with E-state index >= 15 is 0 Å². The normalized spacial score (nSPS) is 23.9. The molecule has 5 nitrogen and oxygen atoms in total. The molecule has 3 atom stereocenters. The number of hydrogen-bond acceptors (Lipinski definition) is 5. The molecule has 114 valence electrons. The SMILES string of the molecule is COC(=O)C(O)c1c2c(c(C)c3c1OC(C)C3)OC(C)C2. The standard InChI is InChI=1S/C16H20O5/c1-7-5-10-9(3)14-11(6-8(2)20-14)12(15(10)21-7)13(17)16(18)19-4/h7-8,13,17H,5-6H2,1-4H3. The lowest BCUT2D eigenvalue weighted by Crippen LogP contribution is -2.17. The summed E-state index contributed by atoms with van der Waals surface area (Å²) in [4.78, 5) is 11.8. The van der Waals surface area contributed by atoms with Gasteiger partial charge >= 0.3 is 5.97 Å². The summed E-state index contributed by atoms with van der Waals surface area (Å²) in [6, 6.07) is 0. The predicted octanol–water partition coefficient (Wildman–Crippen LogP) is 1.85. The molecule has 0 saturated carbocycles. The molecule has 2 aliphatic rings. The van der Waals surface area contributed by atoms with Crippen LogP contribution in [-0.2, 0) is 22.4 Å². The number of aliphatic hydroxyl groups excluding tert-OH is 1. The van der Waals surface area contributed by atoms with Gasteiger partial charge in [0.2, 0.25) is 0 Å². The van der Waals surface area contributed by atoms with Crippen molar-refractivity contribution in [2.75, 3.05) is 7.11 Å². The first kappa shape index (κ1) is 14.2. The molecule has 0 amide bonds. The van der Waals surface area contributed by atoms with E-state index in [4.69, 9.17) is 9.47 Å². The molecule has 0 radical (unpaired) electrons. The zero-order valence-electron chi connectivity index (χ0n) is 12.7. The van der Waals surface area contributed by atoms with Gasteiger partial charge in [-0.2, -0.15) is 0 Å². The summed E-state index contributed by atoms with van der Waals surface area (Å²) in [5.74, 6) is 0.747. The molecule has 2 aliphatic heterocycles. The second-order valence-electron chi connectivity index (χ2n) is 5.84. The predicted molar refractivity (Wildman–Crippen MR) is 75.7 cm³/mol. The van der Waals surface area contributed by atoms with Crippen LogP contribution >= 0.6 is 0 Å². The topological polar surface area (TPSA) is 65.0 Å². The monoisotopic (exact) mass is 292 g/mol. The molecule has 1 aromatic rings. The van der Waals surface area contributed by atoms with E-state index in [-0.39, 0.29) is 12.2 Å². The van der Waals surface area contributed by atoms with E-state index in [9.17, 15) is 9.90 Å². The number of ether oxygens (including phenoxy) is 3. The van der Waals surface area contributed by atoms with Crippen molar-refractivity contribution in [2.24, 2.45) is 0 Å². The first-order valence-corrected chi connectivity index (χ1v) is 7.21. The van der Waals surface area contributed by atoms with Crippen molar-refractivity contribution in [3.63, 3.8) is 0 Å². The van der Waals surface area contributed by atoms with Crippen molar-refractivity contribution < 1.29 is 24.1 Å². The van der Waals surface area contributed by atoms with Gasteiger partial charge in [-0.1, -0.05) is 0 Å². The first-order chi connectivity index (χ1) is 9.93. The van der Waals surface area contributed by atoms with Crippen LogP contribution in [0.5, 0.6) is 11.5 Å². The fourth-order valence-corrected chi connectivity index (χ4v) is 3.28. The molecule has 3 unspecified atom stereocenters. The molecule has 0 aromatic heterocycles. The molecule has 0 bridgehead atoms. The smallest absolute Gasteiger partial charge is 0.339 e. The zero-order chi connectivity index (χ0) is 15.3. The molecule has 21 heavy (non-hydrogen) atoms.